The van der Waals surface area contributed by atoms with Gasteiger partial charge in [-0.25, -0.2) is 13.4 Å². The molecule has 0 aliphatic rings. The Morgan fingerprint density at radius 2 is 2.15 bits per heavy atom. The summed E-state index contributed by atoms with van der Waals surface area (Å²) in [6.45, 7) is 2.31. The normalized spacial score (nSPS) is 11.6. The van der Waals surface area contributed by atoms with Gasteiger partial charge in [0.15, 0.2) is 5.13 Å². The van der Waals surface area contributed by atoms with Crippen molar-refractivity contribution in [3.63, 3.8) is 0 Å². The van der Waals surface area contributed by atoms with Crippen LogP contribution in [0.4, 0.5) is 5.13 Å². The van der Waals surface area contributed by atoms with E-state index in [4.69, 9.17) is 11.6 Å². The summed E-state index contributed by atoms with van der Waals surface area (Å²) in [6.07, 6.45) is 1.54. The predicted octanol–water partition coefficient (Wildman–Crippen LogP) is 2.63. The minimum Gasteiger partial charge on any atom is -0.316 e. The summed E-state index contributed by atoms with van der Waals surface area (Å²) in [4.78, 5) is 4.09. The number of rotatable bonds is 5. The number of halogens is 1. The number of thiazole rings is 1. The maximum atomic E-state index is 12.4. The molecule has 0 saturated carbocycles. The molecular formula is C12H14ClN3O2S2. The van der Waals surface area contributed by atoms with E-state index < -0.39 is 10.0 Å². The highest BCUT2D eigenvalue weighted by atomic mass is 35.5. The Morgan fingerprint density at radius 3 is 2.75 bits per heavy atom. The lowest BCUT2D eigenvalue weighted by atomic mass is 10.1. The van der Waals surface area contributed by atoms with Crippen LogP contribution in [0.1, 0.15) is 11.1 Å². The topological polar surface area (TPSA) is 71.1 Å². The van der Waals surface area contributed by atoms with Crippen LogP contribution < -0.4 is 10.0 Å². The largest absolute Gasteiger partial charge is 0.316 e. The van der Waals surface area contributed by atoms with Crippen molar-refractivity contribution in [3.05, 3.63) is 39.9 Å². The fourth-order valence-electron chi connectivity index (χ4n) is 1.81. The fraction of sp³-hybridized carbons (Fsp3) is 0.250. The maximum Gasteiger partial charge on any atom is 0.263 e. The molecule has 2 aromatic rings. The third-order valence-electron chi connectivity index (χ3n) is 2.74. The highest BCUT2D eigenvalue weighted by molar-refractivity contribution is 7.93. The van der Waals surface area contributed by atoms with Gasteiger partial charge in [-0.15, -0.1) is 11.3 Å². The first kappa shape index (κ1) is 15.2. The molecule has 20 heavy (non-hydrogen) atoms. The number of nitrogens with one attached hydrogen (secondary N) is 2. The van der Waals surface area contributed by atoms with Crippen LogP contribution in [0, 0.1) is 6.92 Å². The highest BCUT2D eigenvalue weighted by Gasteiger charge is 2.20. The van der Waals surface area contributed by atoms with Crippen LogP contribution in [0.15, 0.2) is 28.6 Å². The molecule has 0 amide bonds. The summed E-state index contributed by atoms with van der Waals surface area (Å²) < 4.78 is 27.3. The zero-order valence-corrected chi connectivity index (χ0v) is 13.4. The number of hydrogen-bond acceptors (Lipinski definition) is 5. The van der Waals surface area contributed by atoms with E-state index in [-0.39, 0.29) is 4.90 Å². The van der Waals surface area contributed by atoms with Crippen molar-refractivity contribution >= 4 is 38.1 Å². The molecule has 8 heteroatoms. The summed E-state index contributed by atoms with van der Waals surface area (Å²) in [5, 5.41) is 5.42. The van der Waals surface area contributed by atoms with E-state index >= 15 is 0 Å². The maximum absolute atomic E-state index is 12.4. The smallest absolute Gasteiger partial charge is 0.263 e. The molecule has 2 rings (SSSR count). The third kappa shape index (κ3) is 3.29. The summed E-state index contributed by atoms with van der Waals surface area (Å²) in [7, 11) is -1.90. The lowest BCUT2D eigenvalue weighted by molar-refractivity contribution is 0.600. The van der Waals surface area contributed by atoms with Gasteiger partial charge in [0, 0.05) is 23.1 Å². The molecule has 1 aromatic carbocycles. The first-order valence-corrected chi connectivity index (χ1v) is 8.54. The lowest BCUT2D eigenvalue weighted by Gasteiger charge is -2.13. The van der Waals surface area contributed by atoms with Crippen LogP contribution in [-0.4, -0.2) is 20.4 Å². The Hall–Kier alpha value is -1.15. The van der Waals surface area contributed by atoms with Crippen LogP contribution in [0.5, 0.6) is 0 Å². The second-order valence-electron chi connectivity index (χ2n) is 4.16. The Morgan fingerprint density at radius 1 is 1.40 bits per heavy atom. The SMILES string of the molecule is CNCc1cc(Cl)cc(S(=O)(=O)Nc2nccs2)c1C. The van der Waals surface area contributed by atoms with Crippen LogP contribution in [0.3, 0.4) is 0 Å². The Labute approximate surface area is 127 Å². The molecule has 108 valence electrons. The second kappa shape index (κ2) is 6.09. The van der Waals surface area contributed by atoms with Gasteiger partial charge in [0.25, 0.3) is 10.0 Å². The summed E-state index contributed by atoms with van der Waals surface area (Å²) in [5.41, 5.74) is 1.52. The van der Waals surface area contributed by atoms with Gasteiger partial charge in [0.2, 0.25) is 0 Å². The molecule has 0 unspecified atom stereocenters. The molecule has 0 atom stereocenters. The summed E-state index contributed by atoms with van der Waals surface area (Å²) in [6, 6.07) is 3.21. The Bertz CT molecular complexity index is 700. The van der Waals surface area contributed by atoms with E-state index in [1.807, 2.05) is 0 Å². The molecule has 1 heterocycles. The van der Waals surface area contributed by atoms with Crippen molar-refractivity contribution in [1.29, 1.82) is 0 Å². The van der Waals surface area contributed by atoms with E-state index in [9.17, 15) is 8.42 Å². The number of aromatic nitrogens is 1. The molecular weight excluding hydrogens is 318 g/mol. The number of nitrogens with zero attached hydrogens (tertiary/aromatic N) is 1. The zero-order valence-electron chi connectivity index (χ0n) is 11.0. The molecule has 0 radical (unpaired) electrons. The minimum absolute atomic E-state index is 0.172. The molecule has 0 bridgehead atoms. The van der Waals surface area contributed by atoms with Crippen molar-refractivity contribution in [1.82, 2.24) is 10.3 Å². The molecule has 2 N–H and O–H groups in total. The van der Waals surface area contributed by atoms with Crippen LogP contribution in [-0.2, 0) is 16.6 Å². The van der Waals surface area contributed by atoms with E-state index in [2.05, 4.69) is 15.0 Å². The molecule has 1 aromatic heterocycles. The Kier molecular flexibility index (Phi) is 4.64. The average molecular weight is 332 g/mol. The van der Waals surface area contributed by atoms with Crippen molar-refractivity contribution in [2.75, 3.05) is 11.8 Å². The summed E-state index contributed by atoms with van der Waals surface area (Å²) in [5.74, 6) is 0. The van der Waals surface area contributed by atoms with Gasteiger partial charge >= 0.3 is 0 Å². The van der Waals surface area contributed by atoms with Gasteiger partial charge in [-0.2, -0.15) is 0 Å². The van der Waals surface area contributed by atoms with E-state index in [1.165, 1.54) is 17.4 Å². The second-order valence-corrected chi connectivity index (χ2v) is 7.14. The predicted molar refractivity (Wildman–Crippen MR) is 81.9 cm³/mol. The quantitative estimate of drug-likeness (QED) is 0.883. The summed E-state index contributed by atoms with van der Waals surface area (Å²) >= 11 is 7.23. The van der Waals surface area contributed by atoms with Crippen molar-refractivity contribution in [3.8, 4) is 0 Å². The standard InChI is InChI=1S/C12H14ClN3O2S2/c1-8-9(7-14-2)5-10(13)6-11(8)20(17,18)16-12-15-3-4-19-12/h3-6,14H,7H2,1-2H3,(H,15,16). The fourth-order valence-corrected chi connectivity index (χ4v) is 4.21. The highest BCUT2D eigenvalue weighted by Crippen LogP contribution is 2.26. The third-order valence-corrected chi connectivity index (χ3v) is 5.24. The van der Waals surface area contributed by atoms with Gasteiger partial charge < -0.3 is 5.32 Å². The van der Waals surface area contributed by atoms with Gasteiger partial charge in [-0.1, -0.05) is 11.6 Å². The molecule has 5 nitrogen and oxygen atoms in total. The lowest BCUT2D eigenvalue weighted by Crippen LogP contribution is -2.16. The van der Waals surface area contributed by atoms with Crippen molar-refractivity contribution in [2.24, 2.45) is 0 Å². The van der Waals surface area contributed by atoms with Crippen molar-refractivity contribution < 1.29 is 8.42 Å². The van der Waals surface area contributed by atoms with Gasteiger partial charge in [-0.05, 0) is 37.2 Å². The van der Waals surface area contributed by atoms with Crippen LogP contribution >= 0.6 is 22.9 Å². The van der Waals surface area contributed by atoms with E-state index in [0.29, 0.717) is 22.3 Å². The molecule has 0 aliphatic heterocycles. The van der Waals surface area contributed by atoms with Gasteiger partial charge in [0.05, 0.1) is 4.90 Å². The average Bonchev–Trinajstić information content (AvgIpc) is 2.85. The first-order valence-electron chi connectivity index (χ1n) is 5.80. The number of hydrogen-bond donors (Lipinski definition) is 2. The van der Waals surface area contributed by atoms with Crippen molar-refractivity contribution in [2.45, 2.75) is 18.4 Å². The molecule has 0 saturated heterocycles. The van der Waals surface area contributed by atoms with E-state index in [0.717, 1.165) is 5.56 Å². The van der Waals surface area contributed by atoms with Gasteiger partial charge in [0.1, 0.15) is 0 Å². The number of anilines is 1. The monoisotopic (exact) mass is 331 g/mol. The molecule has 0 fully saturated rings. The molecule has 0 aliphatic carbocycles. The van der Waals surface area contributed by atoms with Crippen LogP contribution in [0.2, 0.25) is 5.02 Å². The van der Waals surface area contributed by atoms with Crippen LogP contribution in [0.25, 0.3) is 0 Å². The van der Waals surface area contributed by atoms with Gasteiger partial charge in [-0.3, -0.25) is 4.72 Å². The number of sulfonamides is 1. The first-order chi connectivity index (χ1) is 9.44. The molecule has 0 spiro atoms. The van der Waals surface area contributed by atoms with E-state index in [1.54, 1.807) is 31.6 Å². The minimum atomic E-state index is -3.69. The number of benzene rings is 1. The Balaban J connectivity index is 2.45. The zero-order chi connectivity index (χ0) is 14.8.